The monoisotopic (exact) mass is 434 g/mol. The third kappa shape index (κ3) is 3.51. The van der Waals surface area contributed by atoms with E-state index < -0.39 is 0 Å². The third-order valence-electron chi connectivity index (χ3n) is 5.71. The number of benzene rings is 2. The molecule has 0 N–H and O–H groups in total. The van der Waals surface area contributed by atoms with Crippen LogP contribution in [0.3, 0.4) is 0 Å². The minimum absolute atomic E-state index is 0.154. The molecule has 142 valence electrons. The Morgan fingerprint density at radius 2 is 1.89 bits per heavy atom. The Kier molecular flexibility index (Phi) is 5.36. The molecule has 0 saturated carbocycles. The van der Waals surface area contributed by atoms with Gasteiger partial charge in [0.25, 0.3) is 0 Å². The highest BCUT2D eigenvalue weighted by atomic mass is 79.9. The van der Waals surface area contributed by atoms with Crippen LogP contribution in [0.1, 0.15) is 42.4 Å². The van der Waals surface area contributed by atoms with Gasteiger partial charge in [-0.1, -0.05) is 81.7 Å². The van der Waals surface area contributed by atoms with Crippen LogP contribution in [-0.4, -0.2) is 13.1 Å². The van der Waals surface area contributed by atoms with E-state index >= 15 is 0 Å². The van der Waals surface area contributed by atoms with E-state index in [4.69, 9.17) is 4.74 Å². The average molecular weight is 435 g/mol. The SMILES string of the molecule is COC(=O)CCC1C=C(c2ccccc2)c2cc(Br)ccc2C2C(C)=CC=C12. The van der Waals surface area contributed by atoms with Crippen molar-refractivity contribution in [1.29, 1.82) is 0 Å². The van der Waals surface area contributed by atoms with Crippen molar-refractivity contribution in [3.8, 4) is 0 Å². The summed E-state index contributed by atoms with van der Waals surface area (Å²) in [6.45, 7) is 2.20. The van der Waals surface area contributed by atoms with E-state index in [0.717, 1.165) is 10.9 Å². The molecular formula is C25H23BrO2. The predicted octanol–water partition coefficient (Wildman–Crippen LogP) is 6.43. The molecule has 0 amide bonds. The Labute approximate surface area is 174 Å². The van der Waals surface area contributed by atoms with Crippen LogP contribution < -0.4 is 0 Å². The van der Waals surface area contributed by atoms with Crippen molar-refractivity contribution in [1.82, 2.24) is 0 Å². The normalized spacial score (nSPS) is 20.3. The second-order valence-electron chi connectivity index (χ2n) is 7.41. The molecule has 2 unspecified atom stereocenters. The summed E-state index contributed by atoms with van der Waals surface area (Å²) in [5.41, 5.74) is 7.74. The van der Waals surface area contributed by atoms with Crippen LogP contribution in [0.2, 0.25) is 0 Å². The van der Waals surface area contributed by atoms with Crippen molar-refractivity contribution in [2.45, 2.75) is 25.7 Å². The highest BCUT2D eigenvalue weighted by Gasteiger charge is 2.33. The van der Waals surface area contributed by atoms with Crippen LogP contribution >= 0.6 is 15.9 Å². The van der Waals surface area contributed by atoms with Crippen molar-refractivity contribution >= 4 is 27.5 Å². The molecule has 0 aromatic heterocycles. The molecule has 0 fully saturated rings. The number of carbonyl (C=O) groups is 1. The quantitative estimate of drug-likeness (QED) is 0.517. The van der Waals surface area contributed by atoms with Gasteiger partial charge in [-0.2, -0.15) is 0 Å². The summed E-state index contributed by atoms with van der Waals surface area (Å²) in [4.78, 5) is 11.8. The lowest BCUT2D eigenvalue weighted by Crippen LogP contribution is -2.11. The highest BCUT2D eigenvalue weighted by Crippen LogP contribution is 2.48. The molecule has 0 heterocycles. The largest absolute Gasteiger partial charge is 0.469 e. The molecule has 2 aromatic carbocycles. The second kappa shape index (κ2) is 7.92. The molecule has 2 aromatic rings. The first kappa shape index (κ1) is 18.9. The fraction of sp³-hybridized carbons (Fsp3) is 0.240. The molecule has 2 aliphatic rings. The number of ether oxygens (including phenoxy) is 1. The maximum absolute atomic E-state index is 11.8. The van der Waals surface area contributed by atoms with Gasteiger partial charge in [0.2, 0.25) is 0 Å². The number of allylic oxidation sites excluding steroid dienone is 5. The standard InChI is InChI=1S/C25H23BrO2/c1-16-8-11-20-18(9-13-24(27)28-2)14-22(17-6-4-3-5-7-17)23-15-19(26)10-12-21(23)25(16)20/h3-8,10-12,14-15,18,25H,9,13H2,1-2H3. The van der Waals surface area contributed by atoms with Gasteiger partial charge in [0.15, 0.2) is 0 Å². The number of esters is 1. The fourth-order valence-electron chi connectivity index (χ4n) is 4.34. The number of methoxy groups -OCH3 is 1. The smallest absolute Gasteiger partial charge is 0.305 e. The van der Waals surface area contributed by atoms with Crippen molar-refractivity contribution in [3.05, 3.63) is 99.1 Å². The first-order valence-corrected chi connectivity index (χ1v) is 10.4. The van der Waals surface area contributed by atoms with E-state index in [0.29, 0.717) is 6.42 Å². The van der Waals surface area contributed by atoms with E-state index in [1.807, 2.05) is 6.07 Å². The molecule has 4 rings (SSSR count). The van der Waals surface area contributed by atoms with E-state index in [1.54, 1.807) is 0 Å². The molecule has 2 nitrogen and oxygen atoms in total. The van der Waals surface area contributed by atoms with E-state index in [2.05, 4.69) is 83.5 Å². The van der Waals surface area contributed by atoms with Gasteiger partial charge in [0.05, 0.1) is 7.11 Å². The Morgan fingerprint density at radius 1 is 1.11 bits per heavy atom. The summed E-state index contributed by atoms with van der Waals surface area (Å²) in [5.74, 6) is 0.307. The van der Waals surface area contributed by atoms with Gasteiger partial charge in [0.1, 0.15) is 0 Å². The molecule has 0 radical (unpaired) electrons. The maximum atomic E-state index is 11.8. The van der Waals surface area contributed by atoms with Gasteiger partial charge in [-0.3, -0.25) is 4.79 Å². The first-order valence-electron chi connectivity index (χ1n) is 9.60. The maximum Gasteiger partial charge on any atom is 0.305 e. The van der Waals surface area contributed by atoms with Gasteiger partial charge < -0.3 is 4.74 Å². The van der Waals surface area contributed by atoms with Gasteiger partial charge in [-0.15, -0.1) is 0 Å². The summed E-state index contributed by atoms with van der Waals surface area (Å²) in [7, 11) is 1.46. The summed E-state index contributed by atoms with van der Waals surface area (Å²) in [5, 5.41) is 0. The van der Waals surface area contributed by atoms with Crippen molar-refractivity contribution < 1.29 is 9.53 Å². The zero-order chi connectivity index (χ0) is 19.7. The van der Waals surface area contributed by atoms with Crippen LogP contribution in [0, 0.1) is 5.92 Å². The molecule has 0 aliphatic heterocycles. The molecule has 0 bridgehead atoms. The Bertz CT molecular complexity index is 998. The average Bonchev–Trinajstić information content (AvgIpc) is 3.03. The van der Waals surface area contributed by atoms with Gasteiger partial charge in [-0.05, 0) is 47.7 Å². The molecule has 3 heteroatoms. The van der Waals surface area contributed by atoms with Crippen molar-refractivity contribution in [3.63, 3.8) is 0 Å². The predicted molar refractivity (Wildman–Crippen MR) is 117 cm³/mol. The second-order valence-corrected chi connectivity index (χ2v) is 8.33. The zero-order valence-electron chi connectivity index (χ0n) is 16.1. The molecule has 2 aliphatic carbocycles. The fourth-order valence-corrected chi connectivity index (χ4v) is 4.70. The van der Waals surface area contributed by atoms with Crippen LogP contribution in [0.5, 0.6) is 0 Å². The summed E-state index contributed by atoms with van der Waals surface area (Å²) in [6, 6.07) is 17.1. The van der Waals surface area contributed by atoms with Gasteiger partial charge in [0, 0.05) is 22.7 Å². The molecule has 28 heavy (non-hydrogen) atoms. The highest BCUT2D eigenvalue weighted by molar-refractivity contribution is 9.10. The Balaban J connectivity index is 1.88. The molecule has 0 spiro atoms. The summed E-state index contributed by atoms with van der Waals surface area (Å²) >= 11 is 3.66. The lowest BCUT2D eigenvalue weighted by Gasteiger charge is -2.22. The van der Waals surface area contributed by atoms with Crippen molar-refractivity contribution in [2.24, 2.45) is 5.92 Å². The number of rotatable bonds is 4. The summed E-state index contributed by atoms with van der Waals surface area (Å²) in [6.07, 6.45) is 7.99. The number of halogens is 1. The van der Waals surface area contributed by atoms with E-state index in [-0.39, 0.29) is 17.8 Å². The minimum atomic E-state index is -0.154. The van der Waals surface area contributed by atoms with Crippen LogP contribution in [0.4, 0.5) is 0 Å². The van der Waals surface area contributed by atoms with Crippen LogP contribution in [0.15, 0.2) is 82.4 Å². The number of hydrogen-bond acceptors (Lipinski definition) is 2. The Hall–Kier alpha value is -2.39. The lowest BCUT2D eigenvalue weighted by molar-refractivity contribution is -0.140. The van der Waals surface area contributed by atoms with E-state index in [1.165, 1.54) is 40.5 Å². The van der Waals surface area contributed by atoms with Gasteiger partial charge >= 0.3 is 5.97 Å². The number of hydrogen-bond donors (Lipinski definition) is 0. The lowest BCUT2D eigenvalue weighted by atomic mass is 9.81. The third-order valence-corrected chi connectivity index (χ3v) is 6.21. The first-order chi connectivity index (χ1) is 13.6. The van der Waals surface area contributed by atoms with Crippen LogP contribution in [-0.2, 0) is 9.53 Å². The van der Waals surface area contributed by atoms with Gasteiger partial charge in [-0.25, -0.2) is 0 Å². The minimum Gasteiger partial charge on any atom is -0.469 e. The Morgan fingerprint density at radius 3 is 2.64 bits per heavy atom. The van der Waals surface area contributed by atoms with E-state index in [9.17, 15) is 4.79 Å². The number of fused-ring (bicyclic) bond motifs is 3. The summed E-state index contributed by atoms with van der Waals surface area (Å²) < 4.78 is 5.97. The zero-order valence-corrected chi connectivity index (χ0v) is 17.7. The van der Waals surface area contributed by atoms with Crippen molar-refractivity contribution in [2.75, 3.05) is 7.11 Å². The molecule has 0 saturated heterocycles. The molecule has 2 atom stereocenters. The molecular weight excluding hydrogens is 412 g/mol. The number of carbonyl (C=O) groups excluding carboxylic acids is 1. The topological polar surface area (TPSA) is 26.3 Å². The van der Waals surface area contributed by atoms with Crippen LogP contribution in [0.25, 0.3) is 5.57 Å².